The molecule has 0 fully saturated rings. The van der Waals surface area contributed by atoms with Gasteiger partial charge in [0, 0.05) is 44.2 Å². The molecule has 348 valence electrons. The van der Waals surface area contributed by atoms with Gasteiger partial charge in [-0.1, -0.05) is 203 Å². The lowest BCUT2D eigenvalue weighted by Crippen LogP contribution is -2.28. The van der Waals surface area contributed by atoms with Crippen molar-refractivity contribution in [1.82, 2.24) is 0 Å². The Morgan fingerprint density at radius 1 is 0.366 bits per heavy atom. The smallest absolute Gasteiger partial charge is 0.139 e. The Labute approximate surface area is 419 Å². The Kier molecular flexibility index (Phi) is 9.09. The Balaban J connectivity index is 1.04. The topological polar surface area (TPSA) is 16.4 Å². The van der Waals surface area contributed by atoms with E-state index < -0.39 is 5.41 Å². The maximum Gasteiger partial charge on any atom is 0.139 e. The van der Waals surface area contributed by atoms with Gasteiger partial charge in [0.1, 0.15) is 11.2 Å². The van der Waals surface area contributed by atoms with Crippen molar-refractivity contribution in [3.63, 3.8) is 0 Å². The number of rotatable bonds is 5. The highest BCUT2D eigenvalue weighted by atomic mass is 16.3. The van der Waals surface area contributed by atoms with Crippen molar-refractivity contribution in [1.29, 1.82) is 0 Å². The average Bonchev–Trinajstić information content (AvgIpc) is 4.02. The second-order valence-electron chi connectivity index (χ2n) is 23.7. The van der Waals surface area contributed by atoms with Gasteiger partial charge in [0.2, 0.25) is 0 Å². The van der Waals surface area contributed by atoms with Gasteiger partial charge in [-0.15, -0.1) is 0 Å². The minimum Gasteiger partial charge on any atom is -0.456 e. The molecule has 0 saturated carbocycles. The van der Waals surface area contributed by atoms with Gasteiger partial charge in [-0.05, 0) is 149 Å². The maximum atomic E-state index is 7.04. The van der Waals surface area contributed by atoms with Gasteiger partial charge < -0.3 is 9.32 Å². The van der Waals surface area contributed by atoms with E-state index in [9.17, 15) is 0 Å². The Morgan fingerprint density at radius 3 is 1.55 bits per heavy atom. The molecule has 0 spiro atoms. The van der Waals surface area contributed by atoms with E-state index in [0.717, 1.165) is 28.2 Å². The van der Waals surface area contributed by atoms with Gasteiger partial charge in [0.05, 0.1) is 5.41 Å². The number of fused-ring (bicyclic) bond motifs is 12. The Bertz CT molecular complexity index is 3800. The summed E-state index contributed by atoms with van der Waals surface area (Å²) in [6.07, 6.45) is 0. The first-order chi connectivity index (χ1) is 34.0. The summed E-state index contributed by atoms with van der Waals surface area (Å²) in [7, 11) is 0. The highest BCUT2D eigenvalue weighted by Crippen LogP contribution is 2.58. The van der Waals surface area contributed by atoms with E-state index in [2.05, 4.69) is 262 Å². The summed E-state index contributed by atoms with van der Waals surface area (Å²) in [6, 6.07) is 71.6. The van der Waals surface area contributed by atoms with Gasteiger partial charge in [-0.3, -0.25) is 0 Å². The van der Waals surface area contributed by atoms with E-state index in [1.807, 2.05) is 0 Å². The van der Waals surface area contributed by atoms with Crippen LogP contribution in [0.25, 0.3) is 55.3 Å². The highest BCUT2D eigenvalue weighted by Gasteiger charge is 2.46. The van der Waals surface area contributed by atoms with E-state index in [1.165, 1.54) is 99.8 Å². The molecule has 0 bridgehead atoms. The summed E-state index contributed by atoms with van der Waals surface area (Å²) < 4.78 is 7.04. The fraction of sp³-hybridized carbons (Fsp3) is 0.217. The number of furan rings is 1. The fourth-order valence-corrected chi connectivity index (χ4v) is 13.1. The van der Waals surface area contributed by atoms with Crippen LogP contribution in [0.3, 0.4) is 0 Å². The molecule has 1 aromatic heterocycles. The predicted molar refractivity (Wildman–Crippen MR) is 298 cm³/mol. The molecular weight excluding hydrogens is 859 g/mol. The van der Waals surface area contributed by atoms with Gasteiger partial charge in [-0.2, -0.15) is 0 Å². The zero-order valence-electron chi connectivity index (χ0n) is 42.8. The second-order valence-corrected chi connectivity index (χ2v) is 23.7. The molecule has 2 heteroatoms. The molecule has 9 aromatic carbocycles. The third-order valence-corrected chi connectivity index (χ3v) is 16.8. The van der Waals surface area contributed by atoms with Crippen LogP contribution in [0.2, 0.25) is 0 Å². The molecule has 0 unspecified atom stereocenters. The van der Waals surface area contributed by atoms with E-state index >= 15 is 0 Å². The van der Waals surface area contributed by atoms with Crippen molar-refractivity contribution in [3.8, 4) is 33.4 Å². The van der Waals surface area contributed by atoms with Crippen LogP contribution in [0, 0.1) is 0 Å². The molecule has 13 rings (SSSR count). The van der Waals surface area contributed by atoms with Crippen LogP contribution in [-0.2, 0) is 27.1 Å². The predicted octanol–water partition coefficient (Wildman–Crippen LogP) is 18.6. The van der Waals surface area contributed by atoms with E-state index in [-0.39, 0.29) is 21.7 Å². The fourth-order valence-electron chi connectivity index (χ4n) is 13.1. The normalized spacial score (nSPS) is 15.5. The number of benzene rings is 9. The second kappa shape index (κ2) is 14.8. The van der Waals surface area contributed by atoms with Crippen LogP contribution in [0.1, 0.15) is 125 Å². The monoisotopic (exact) mass is 919 g/mol. The lowest BCUT2D eigenvalue weighted by atomic mass is 9.67. The van der Waals surface area contributed by atoms with Gasteiger partial charge >= 0.3 is 0 Å². The van der Waals surface area contributed by atoms with Crippen molar-refractivity contribution >= 4 is 39.0 Å². The third kappa shape index (κ3) is 6.13. The first-order valence-electron chi connectivity index (χ1n) is 25.6. The zero-order chi connectivity index (χ0) is 49.0. The summed E-state index contributed by atoms with van der Waals surface area (Å²) in [6.45, 7) is 23.4. The van der Waals surface area contributed by atoms with Gasteiger partial charge in [-0.25, -0.2) is 0 Å². The lowest BCUT2D eigenvalue weighted by molar-refractivity contribution is 0.559. The molecule has 2 nitrogen and oxygen atoms in total. The molecule has 3 aliphatic carbocycles. The summed E-state index contributed by atoms with van der Waals surface area (Å²) in [5, 5.41) is 2.40. The largest absolute Gasteiger partial charge is 0.456 e. The molecule has 1 heterocycles. The van der Waals surface area contributed by atoms with Crippen LogP contribution < -0.4 is 4.90 Å². The van der Waals surface area contributed by atoms with Crippen LogP contribution >= 0.6 is 0 Å². The zero-order valence-corrected chi connectivity index (χ0v) is 42.8. The van der Waals surface area contributed by atoms with Crippen molar-refractivity contribution in [2.45, 2.75) is 96.3 Å². The summed E-state index contributed by atoms with van der Waals surface area (Å²) in [5.74, 6) is 0. The van der Waals surface area contributed by atoms with Gasteiger partial charge in [0.15, 0.2) is 0 Å². The number of hydrogen-bond donors (Lipinski definition) is 0. The Morgan fingerprint density at radius 2 is 0.887 bits per heavy atom. The van der Waals surface area contributed by atoms with Crippen LogP contribution in [0.4, 0.5) is 17.1 Å². The SMILES string of the molecule is CC(C)(C)c1cc(C(C)(C)C)c2oc3cc4c(cc3c2c1)C(C)(C)c1ccc(N(c2cccc(C3(c5ccccc5)c5ccccc5-c5ccccc53)c2)c2ccc3c(c2)C(C)(C)c2ccccc2-3)cc1-4. The van der Waals surface area contributed by atoms with Crippen LogP contribution in [0.5, 0.6) is 0 Å². The summed E-state index contributed by atoms with van der Waals surface area (Å²) in [5.41, 5.74) is 25.1. The molecule has 10 aromatic rings. The molecule has 0 saturated heterocycles. The van der Waals surface area contributed by atoms with Gasteiger partial charge in [0.25, 0.3) is 0 Å². The van der Waals surface area contributed by atoms with E-state index in [4.69, 9.17) is 4.42 Å². The number of anilines is 3. The van der Waals surface area contributed by atoms with Crippen LogP contribution in [0.15, 0.2) is 192 Å². The quantitative estimate of drug-likeness (QED) is 0.171. The third-order valence-electron chi connectivity index (χ3n) is 16.8. The Hall–Kier alpha value is -7.42. The van der Waals surface area contributed by atoms with Crippen LogP contribution in [-0.4, -0.2) is 0 Å². The first kappa shape index (κ1) is 43.6. The molecule has 0 N–H and O–H groups in total. The highest BCUT2D eigenvalue weighted by molar-refractivity contribution is 6.09. The molecule has 0 radical (unpaired) electrons. The molecule has 71 heavy (non-hydrogen) atoms. The van der Waals surface area contributed by atoms with Crippen molar-refractivity contribution < 1.29 is 4.42 Å². The number of nitrogens with zero attached hydrogens (tertiary/aromatic N) is 1. The molecule has 0 aliphatic heterocycles. The molecule has 3 aliphatic rings. The minimum atomic E-state index is -0.531. The molecular formula is C69H61NO. The minimum absolute atomic E-state index is 0.00140. The van der Waals surface area contributed by atoms with Crippen molar-refractivity contribution in [3.05, 3.63) is 244 Å². The first-order valence-corrected chi connectivity index (χ1v) is 25.6. The summed E-state index contributed by atoms with van der Waals surface area (Å²) in [4.78, 5) is 2.52. The molecule has 0 atom stereocenters. The van der Waals surface area contributed by atoms with E-state index in [1.54, 1.807) is 0 Å². The lowest BCUT2D eigenvalue weighted by Gasteiger charge is -2.35. The maximum absolute atomic E-state index is 7.04. The standard InChI is InChI=1S/C69H61NO/c1-65(2,3)44-36-55-54-40-61-53(41-63(54)71-64(55)62(37-44)66(4,5)6)52-38-46(32-34-57(52)68(61,9)10)70(47-31-33-51-48-25-14-17-28-56(48)67(7,8)60(51)39-47)45-24-20-23-43(35-45)69(42-21-12-11-13-22-42)58-29-18-15-26-49(58)50-27-16-19-30-59(50)69/h11-41H,1-10H3. The van der Waals surface area contributed by atoms with Crippen molar-refractivity contribution in [2.75, 3.05) is 4.90 Å². The molecule has 0 amide bonds. The average molecular weight is 920 g/mol. The van der Waals surface area contributed by atoms with E-state index in [0.29, 0.717) is 0 Å². The summed E-state index contributed by atoms with van der Waals surface area (Å²) >= 11 is 0. The number of hydrogen-bond acceptors (Lipinski definition) is 2. The van der Waals surface area contributed by atoms with Crippen molar-refractivity contribution in [2.24, 2.45) is 0 Å².